The predicted octanol–water partition coefficient (Wildman–Crippen LogP) is 2.59. The van der Waals surface area contributed by atoms with Crippen LogP contribution in [0.4, 0.5) is 0 Å². The van der Waals surface area contributed by atoms with E-state index in [-0.39, 0.29) is 23.9 Å². The molecule has 5 heteroatoms. The summed E-state index contributed by atoms with van der Waals surface area (Å²) in [5.74, 6) is 0.228. The van der Waals surface area contributed by atoms with Gasteiger partial charge in [-0.3, -0.25) is 9.59 Å². The number of fused-ring (bicyclic) bond motifs is 1. The van der Waals surface area contributed by atoms with Crippen molar-refractivity contribution in [3.8, 4) is 0 Å². The lowest BCUT2D eigenvalue weighted by molar-refractivity contribution is -0.153. The molecule has 2 heterocycles. The smallest absolute Gasteiger partial charge is 0.245 e. The zero-order valence-corrected chi connectivity index (χ0v) is 14.1. The van der Waals surface area contributed by atoms with Gasteiger partial charge in [-0.15, -0.1) is 0 Å². The van der Waals surface area contributed by atoms with Crippen molar-refractivity contribution < 1.29 is 9.59 Å². The highest BCUT2D eigenvalue weighted by atomic mass is 35.5. The third-order valence-electron chi connectivity index (χ3n) is 5.71. The van der Waals surface area contributed by atoms with Gasteiger partial charge in [0.25, 0.3) is 0 Å². The average Bonchev–Trinajstić information content (AvgIpc) is 3.22. The Morgan fingerprint density at radius 2 is 1.96 bits per heavy atom. The molecule has 3 fully saturated rings. The Morgan fingerprint density at radius 3 is 2.61 bits per heavy atom. The minimum Gasteiger partial charge on any atom is -0.336 e. The molecular weight excluding hydrogens is 312 g/mol. The Kier molecular flexibility index (Phi) is 3.41. The molecule has 23 heavy (non-hydrogen) atoms. The first-order valence-corrected chi connectivity index (χ1v) is 8.78. The summed E-state index contributed by atoms with van der Waals surface area (Å²) < 4.78 is 0. The molecule has 122 valence electrons. The van der Waals surface area contributed by atoms with E-state index >= 15 is 0 Å². The van der Waals surface area contributed by atoms with Crippen LogP contribution in [0.5, 0.6) is 0 Å². The molecule has 4 nitrogen and oxygen atoms in total. The molecule has 2 saturated heterocycles. The lowest BCUT2D eigenvalue weighted by Gasteiger charge is -2.43. The standard InChI is InChI=1S/C18H21ClN2O2/c1-12-16(22)20-10-2-3-15(20)11-21(12)17(23)18(8-9-18)13-4-6-14(19)7-5-13/h4-7,12,15H,2-3,8-11H2,1H3/t12-,15-/m1/s1. The SMILES string of the molecule is C[C@@H]1C(=O)N2CCC[C@@H]2CN1C(=O)C1(c2ccc(Cl)cc2)CC1. The summed E-state index contributed by atoms with van der Waals surface area (Å²) in [7, 11) is 0. The van der Waals surface area contributed by atoms with Crippen molar-refractivity contribution in [2.75, 3.05) is 13.1 Å². The maximum absolute atomic E-state index is 13.2. The van der Waals surface area contributed by atoms with E-state index in [9.17, 15) is 9.59 Å². The number of carbonyl (C=O) groups excluding carboxylic acids is 2. The van der Waals surface area contributed by atoms with Crippen LogP contribution in [0.15, 0.2) is 24.3 Å². The second-order valence-corrected chi connectivity index (χ2v) is 7.49. The highest BCUT2D eigenvalue weighted by Crippen LogP contribution is 2.50. The fourth-order valence-corrected chi connectivity index (χ4v) is 4.25. The molecule has 1 saturated carbocycles. The Balaban J connectivity index is 1.61. The zero-order chi connectivity index (χ0) is 16.2. The summed E-state index contributed by atoms with van der Waals surface area (Å²) in [5, 5.41) is 0.681. The summed E-state index contributed by atoms with van der Waals surface area (Å²) >= 11 is 5.97. The number of piperazine rings is 1. The van der Waals surface area contributed by atoms with Crippen LogP contribution in [0.3, 0.4) is 0 Å². The van der Waals surface area contributed by atoms with Gasteiger partial charge in [0.05, 0.1) is 5.41 Å². The van der Waals surface area contributed by atoms with Gasteiger partial charge in [-0.2, -0.15) is 0 Å². The second kappa shape index (κ2) is 5.23. The van der Waals surface area contributed by atoms with Gasteiger partial charge in [-0.25, -0.2) is 0 Å². The molecule has 3 aliphatic rings. The van der Waals surface area contributed by atoms with Gasteiger partial charge in [-0.1, -0.05) is 23.7 Å². The third kappa shape index (κ3) is 2.26. The molecule has 1 aromatic carbocycles. The molecule has 0 radical (unpaired) electrons. The van der Waals surface area contributed by atoms with Gasteiger partial charge in [0.2, 0.25) is 11.8 Å². The summed E-state index contributed by atoms with van der Waals surface area (Å²) in [5.41, 5.74) is 0.597. The Bertz CT molecular complexity index is 653. The normalized spacial score (nSPS) is 28.7. The van der Waals surface area contributed by atoms with Crippen molar-refractivity contribution in [1.29, 1.82) is 0 Å². The summed E-state index contributed by atoms with van der Waals surface area (Å²) in [4.78, 5) is 29.6. The van der Waals surface area contributed by atoms with Gasteiger partial charge in [0.1, 0.15) is 6.04 Å². The minimum atomic E-state index is -0.431. The lowest BCUT2D eigenvalue weighted by Crippen LogP contribution is -2.61. The molecule has 4 rings (SSSR count). The first-order valence-electron chi connectivity index (χ1n) is 8.40. The maximum Gasteiger partial charge on any atom is 0.245 e. The lowest BCUT2D eigenvalue weighted by atomic mass is 9.92. The van der Waals surface area contributed by atoms with Crippen LogP contribution in [0.25, 0.3) is 0 Å². The van der Waals surface area contributed by atoms with Crippen LogP contribution >= 0.6 is 11.6 Å². The molecule has 0 N–H and O–H groups in total. The zero-order valence-electron chi connectivity index (χ0n) is 13.3. The molecule has 0 unspecified atom stereocenters. The van der Waals surface area contributed by atoms with E-state index in [2.05, 4.69) is 0 Å². The van der Waals surface area contributed by atoms with Gasteiger partial charge in [0, 0.05) is 24.2 Å². The van der Waals surface area contributed by atoms with Crippen molar-refractivity contribution in [2.24, 2.45) is 0 Å². The average molecular weight is 333 g/mol. The molecule has 0 aromatic heterocycles. The number of hydrogen-bond donors (Lipinski definition) is 0. The van der Waals surface area contributed by atoms with Crippen LogP contribution < -0.4 is 0 Å². The fourth-order valence-electron chi connectivity index (χ4n) is 4.13. The maximum atomic E-state index is 13.2. The molecule has 0 bridgehead atoms. The molecule has 0 spiro atoms. The highest BCUT2D eigenvalue weighted by Gasteiger charge is 2.55. The first kappa shape index (κ1) is 15.0. The number of hydrogen-bond acceptors (Lipinski definition) is 2. The quantitative estimate of drug-likeness (QED) is 0.835. The Hall–Kier alpha value is -1.55. The largest absolute Gasteiger partial charge is 0.336 e. The van der Waals surface area contributed by atoms with E-state index in [0.717, 1.165) is 37.8 Å². The fraction of sp³-hybridized carbons (Fsp3) is 0.556. The van der Waals surface area contributed by atoms with E-state index in [0.29, 0.717) is 11.6 Å². The number of carbonyl (C=O) groups is 2. The Labute approximate surface area is 141 Å². The molecule has 2 atom stereocenters. The molecule has 1 aliphatic carbocycles. The number of rotatable bonds is 2. The number of halogens is 1. The summed E-state index contributed by atoms with van der Waals surface area (Å²) in [6, 6.07) is 7.45. The van der Waals surface area contributed by atoms with E-state index in [1.807, 2.05) is 41.0 Å². The summed E-state index contributed by atoms with van der Waals surface area (Å²) in [6.07, 6.45) is 3.78. The number of amides is 2. The van der Waals surface area contributed by atoms with E-state index < -0.39 is 5.41 Å². The van der Waals surface area contributed by atoms with Crippen LogP contribution in [-0.4, -0.2) is 46.8 Å². The van der Waals surface area contributed by atoms with Crippen molar-refractivity contribution in [1.82, 2.24) is 9.80 Å². The van der Waals surface area contributed by atoms with Gasteiger partial charge in [-0.05, 0) is 50.3 Å². The van der Waals surface area contributed by atoms with Gasteiger partial charge in [0.15, 0.2) is 0 Å². The highest BCUT2D eigenvalue weighted by molar-refractivity contribution is 6.30. The van der Waals surface area contributed by atoms with Crippen LogP contribution in [-0.2, 0) is 15.0 Å². The minimum absolute atomic E-state index is 0.110. The van der Waals surface area contributed by atoms with Crippen LogP contribution in [0.1, 0.15) is 38.2 Å². The molecule has 2 amide bonds. The van der Waals surface area contributed by atoms with E-state index in [1.54, 1.807) is 0 Å². The van der Waals surface area contributed by atoms with Gasteiger partial charge < -0.3 is 9.80 Å². The van der Waals surface area contributed by atoms with Crippen molar-refractivity contribution >= 4 is 23.4 Å². The first-order chi connectivity index (χ1) is 11.0. The van der Waals surface area contributed by atoms with Crippen LogP contribution in [0, 0.1) is 0 Å². The molecule has 2 aliphatic heterocycles. The molecule has 1 aromatic rings. The van der Waals surface area contributed by atoms with Crippen molar-refractivity contribution in [3.05, 3.63) is 34.9 Å². The van der Waals surface area contributed by atoms with E-state index in [1.165, 1.54) is 0 Å². The predicted molar refractivity (Wildman–Crippen MR) is 88.3 cm³/mol. The third-order valence-corrected chi connectivity index (χ3v) is 5.96. The molecular formula is C18H21ClN2O2. The Morgan fingerprint density at radius 1 is 1.26 bits per heavy atom. The number of nitrogens with zero attached hydrogens (tertiary/aromatic N) is 2. The van der Waals surface area contributed by atoms with Crippen molar-refractivity contribution in [2.45, 2.75) is 50.1 Å². The monoisotopic (exact) mass is 332 g/mol. The second-order valence-electron chi connectivity index (χ2n) is 7.05. The number of benzene rings is 1. The van der Waals surface area contributed by atoms with Gasteiger partial charge >= 0.3 is 0 Å². The van der Waals surface area contributed by atoms with E-state index in [4.69, 9.17) is 11.6 Å². The summed E-state index contributed by atoms with van der Waals surface area (Å²) in [6.45, 7) is 3.39. The van der Waals surface area contributed by atoms with Crippen molar-refractivity contribution in [3.63, 3.8) is 0 Å². The van der Waals surface area contributed by atoms with Crippen LogP contribution in [0.2, 0.25) is 5.02 Å². The topological polar surface area (TPSA) is 40.6 Å².